The molecule has 0 unspecified atom stereocenters. The number of furan rings is 1. The third-order valence-corrected chi connectivity index (χ3v) is 5.36. The average molecular weight is 465 g/mol. The molecule has 1 aromatic heterocycles. The summed E-state index contributed by atoms with van der Waals surface area (Å²) in [6, 6.07) is 21.9. The zero-order valence-electron chi connectivity index (χ0n) is 16.6. The monoisotopic (exact) mass is 464 g/mol. The van der Waals surface area contributed by atoms with E-state index in [1.807, 2.05) is 66.7 Å². The minimum atomic E-state index is -0.266. The Morgan fingerprint density at radius 2 is 1.83 bits per heavy atom. The van der Waals surface area contributed by atoms with E-state index in [1.54, 1.807) is 13.2 Å². The van der Waals surface area contributed by atoms with Crippen LogP contribution >= 0.6 is 15.9 Å². The van der Waals surface area contributed by atoms with Gasteiger partial charge in [0, 0.05) is 10.9 Å². The van der Waals surface area contributed by atoms with Gasteiger partial charge in [-0.05, 0) is 63.8 Å². The molecule has 0 amide bonds. The minimum absolute atomic E-state index is 0.169. The summed E-state index contributed by atoms with van der Waals surface area (Å²) in [6.07, 6.45) is 1.84. The second-order valence-corrected chi connectivity index (χ2v) is 7.73. The van der Waals surface area contributed by atoms with Gasteiger partial charge in [-0.3, -0.25) is 4.79 Å². The van der Waals surface area contributed by atoms with Crippen LogP contribution in [-0.2, 0) is 22.6 Å². The maximum Gasteiger partial charge on any atom is 0.310 e. The SMILES string of the molecule is CCOC(=O)Cc1ccc(-c2ccccc2)cc1OCc1cc(Br)c2occc2c1. The van der Waals surface area contributed by atoms with Crippen molar-refractivity contribution < 1.29 is 18.7 Å². The van der Waals surface area contributed by atoms with Crippen LogP contribution < -0.4 is 4.74 Å². The van der Waals surface area contributed by atoms with E-state index in [9.17, 15) is 4.79 Å². The van der Waals surface area contributed by atoms with Crippen LogP contribution in [0.1, 0.15) is 18.1 Å². The number of halogens is 1. The van der Waals surface area contributed by atoms with Crippen molar-refractivity contribution in [2.45, 2.75) is 20.0 Å². The van der Waals surface area contributed by atoms with E-state index in [-0.39, 0.29) is 12.4 Å². The van der Waals surface area contributed by atoms with Gasteiger partial charge >= 0.3 is 5.97 Å². The molecule has 4 aromatic rings. The summed E-state index contributed by atoms with van der Waals surface area (Å²) >= 11 is 3.55. The van der Waals surface area contributed by atoms with Crippen LogP contribution in [0.25, 0.3) is 22.1 Å². The van der Waals surface area contributed by atoms with Crippen molar-refractivity contribution in [3.05, 3.63) is 88.6 Å². The first-order valence-corrected chi connectivity index (χ1v) is 10.6. The highest BCUT2D eigenvalue weighted by atomic mass is 79.9. The second kappa shape index (κ2) is 9.18. The predicted octanol–water partition coefficient (Wildman–Crippen LogP) is 6.55. The Morgan fingerprint density at radius 1 is 1.00 bits per heavy atom. The molecule has 30 heavy (non-hydrogen) atoms. The highest BCUT2D eigenvalue weighted by Crippen LogP contribution is 2.30. The number of benzene rings is 3. The van der Waals surface area contributed by atoms with Gasteiger partial charge in [-0.2, -0.15) is 0 Å². The molecule has 0 fully saturated rings. The molecule has 4 rings (SSSR count). The van der Waals surface area contributed by atoms with Crippen LogP contribution in [0.3, 0.4) is 0 Å². The molecule has 1 heterocycles. The van der Waals surface area contributed by atoms with Gasteiger partial charge in [0.05, 0.1) is 23.8 Å². The molecule has 0 saturated heterocycles. The normalized spacial score (nSPS) is 10.9. The molecule has 3 aromatic carbocycles. The molecular formula is C25H21BrO4. The van der Waals surface area contributed by atoms with E-state index in [4.69, 9.17) is 13.9 Å². The van der Waals surface area contributed by atoms with Gasteiger partial charge in [0.1, 0.15) is 17.9 Å². The summed E-state index contributed by atoms with van der Waals surface area (Å²) in [7, 11) is 0. The van der Waals surface area contributed by atoms with Crippen LogP contribution in [0.2, 0.25) is 0 Å². The molecule has 0 aliphatic rings. The van der Waals surface area contributed by atoms with E-state index in [0.29, 0.717) is 19.0 Å². The first-order chi connectivity index (χ1) is 14.6. The zero-order chi connectivity index (χ0) is 20.9. The van der Waals surface area contributed by atoms with Gasteiger partial charge in [-0.15, -0.1) is 0 Å². The molecule has 4 nitrogen and oxygen atoms in total. The van der Waals surface area contributed by atoms with E-state index >= 15 is 0 Å². The molecule has 0 spiro atoms. The summed E-state index contributed by atoms with van der Waals surface area (Å²) < 4.78 is 17.7. The summed E-state index contributed by atoms with van der Waals surface area (Å²) in [5.41, 5.74) is 4.74. The van der Waals surface area contributed by atoms with Crippen molar-refractivity contribution >= 4 is 32.9 Å². The van der Waals surface area contributed by atoms with Crippen molar-refractivity contribution in [3.8, 4) is 16.9 Å². The van der Waals surface area contributed by atoms with Crippen molar-refractivity contribution in [1.29, 1.82) is 0 Å². The van der Waals surface area contributed by atoms with Crippen LogP contribution in [0.4, 0.5) is 0 Å². The predicted molar refractivity (Wildman–Crippen MR) is 120 cm³/mol. The minimum Gasteiger partial charge on any atom is -0.489 e. The number of hydrogen-bond acceptors (Lipinski definition) is 4. The van der Waals surface area contributed by atoms with Gasteiger partial charge in [-0.1, -0.05) is 42.5 Å². The van der Waals surface area contributed by atoms with E-state index in [1.165, 1.54) is 0 Å². The molecule has 0 radical (unpaired) electrons. The Balaban J connectivity index is 1.63. The number of ether oxygens (including phenoxy) is 2. The van der Waals surface area contributed by atoms with E-state index in [0.717, 1.165) is 37.7 Å². The molecule has 0 aliphatic carbocycles. The summed E-state index contributed by atoms with van der Waals surface area (Å²) in [5.74, 6) is 0.408. The number of carbonyl (C=O) groups excluding carboxylic acids is 1. The van der Waals surface area contributed by atoms with Crippen LogP contribution in [-0.4, -0.2) is 12.6 Å². The first kappa shape index (κ1) is 20.2. The van der Waals surface area contributed by atoms with Crippen molar-refractivity contribution in [3.63, 3.8) is 0 Å². The molecule has 0 N–H and O–H groups in total. The lowest BCUT2D eigenvalue weighted by Crippen LogP contribution is -2.09. The topological polar surface area (TPSA) is 48.7 Å². The highest BCUT2D eigenvalue weighted by Gasteiger charge is 2.13. The maximum atomic E-state index is 12.1. The van der Waals surface area contributed by atoms with Gasteiger partial charge < -0.3 is 13.9 Å². The summed E-state index contributed by atoms with van der Waals surface area (Å²) in [6.45, 7) is 2.53. The van der Waals surface area contributed by atoms with E-state index in [2.05, 4.69) is 15.9 Å². The van der Waals surface area contributed by atoms with Crippen molar-refractivity contribution in [1.82, 2.24) is 0 Å². The fourth-order valence-electron chi connectivity index (χ4n) is 3.35. The fourth-order valence-corrected chi connectivity index (χ4v) is 3.97. The molecule has 0 saturated carbocycles. The van der Waals surface area contributed by atoms with Gasteiger partial charge in [-0.25, -0.2) is 0 Å². The van der Waals surface area contributed by atoms with Crippen LogP contribution in [0.5, 0.6) is 5.75 Å². The first-order valence-electron chi connectivity index (χ1n) is 9.76. The quantitative estimate of drug-likeness (QED) is 0.291. The number of hydrogen-bond donors (Lipinski definition) is 0. The van der Waals surface area contributed by atoms with E-state index < -0.39 is 0 Å². The maximum absolute atomic E-state index is 12.1. The number of rotatable bonds is 7. The molecule has 0 aliphatic heterocycles. The smallest absolute Gasteiger partial charge is 0.310 e. The number of fused-ring (bicyclic) bond motifs is 1. The standard InChI is InChI=1S/C25H21BrO4/c1-2-28-24(27)15-20-9-8-19(18-6-4-3-5-7-18)14-23(20)30-16-17-12-21-10-11-29-25(21)22(26)13-17/h3-14H,2,15-16H2,1H3. The Labute approximate surface area is 183 Å². The van der Waals surface area contributed by atoms with Gasteiger partial charge in [0.2, 0.25) is 0 Å². The Hall–Kier alpha value is -3.05. The Bertz CT molecular complexity index is 1160. The lowest BCUT2D eigenvalue weighted by Gasteiger charge is -2.14. The second-order valence-electron chi connectivity index (χ2n) is 6.88. The summed E-state index contributed by atoms with van der Waals surface area (Å²) in [4.78, 5) is 12.1. The van der Waals surface area contributed by atoms with Gasteiger partial charge in [0.25, 0.3) is 0 Å². The zero-order valence-corrected chi connectivity index (χ0v) is 18.1. The van der Waals surface area contributed by atoms with Crippen LogP contribution in [0.15, 0.2) is 81.9 Å². The summed E-state index contributed by atoms with van der Waals surface area (Å²) in [5, 5.41) is 1.01. The lowest BCUT2D eigenvalue weighted by molar-refractivity contribution is -0.142. The third-order valence-electron chi connectivity index (χ3n) is 4.77. The third kappa shape index (κ3) is 4.57. The molecule has 5 heteroatoms. The Kier molecular flexibility index (Phi) is 6.19. The van der Waals surface area contributed by atoms with Crippen LogP contribution in [0, 0.1) is 0 Å². The molecule has 152 valence electrons. The van der Waals surface area contributed by atoms with Crippen molar-refractivity contribution in [2.24, 2.45) is 0 Å². The highest BCUT2D eigenvalue weighted by molar-refractivity contribution is 9.10. The molecule has 0 bridgehead atoms. The number of esters is 1. The number of carbonyl (C=O) groups is 1. The van der Waals surface area contributed by atoms with Crippen molar-refractivity contribution in [2.75, 3.05) is 6.61 Å². The lowest BCUT2D eigenvalue weighted by atomic mass is 10.0. The molecule has 0 atom stereocenters. The molecular weight excluding hydrogens is 444 g/mol. The average Bonchev–Trinajstić information content (AvgIpc) is 3.23. The Morgan fingerprint density at radius 3 is 2.63 bits per heavy atom. The fraction of sp³-hybridized carbons (Fsp3) is 0.160. The van der Waals surface area contributed by atoms with Gasteiger partial charge in [0.15, 0.2) is 0 Å². The largest absolute Gasteiger partial charge is 0.489 e.